The molecule has 0 saturated carbocycles. The molecule has 82 valence electrons. The van der Waals surface area contributed by atoms with Crippen LogP contribution in [0, 0.1) is 6.92 Å². The highest BCUT2D eigenvalue weighted by Gasteiger charge is 2.20. The first-order valence-electron chi connectivity index (χ1n) is 5.35. The van der Waals surface area contributed by atoms with E-state index < -0.39 is 0 Å². The third kappa shape index (κ3) is 1.79. The molecule has 1 aliphatic heterocycles. The van der Waals surface area contributed by atoms with E-state index in [0.29, 0.717) is 5.75 Å². The number of rotatable bonds is 3. The monoisotopic (exact) mass is 207 g/mol. The molecule has 0 bridgehead atoms. The lowest BCUT2D eigenvalue weighted by atomic mass is 9.98. The summed E-state index contributed by atoms with van der Waals surface area (Å²) in [5.41, 5.74) is 3.15. The third-order valence-electron chi connectivity index (χ3n) is 2.90. The summed E-state index contributed by atoms with van der Waals surface area (Å²) in [5.74, 6) is 1.39. The molecule has 0 saturated heterocycles. The summed E-state index contributed by atoms with van der Waals surface area (Å²) < 4.78 is 5.52. The highest BCUT2D eigenvalue weighted by Crippen LogP contribution is 2.36. The average Bonchev–Trinajstić information content (AvgIpc) is 2.66. The van der Waals surface area contributed by atoms with E-state index in [1.807, 2.05) is 20.0 Å². The Labute approximate surface area is 90.1 Å². The van der Waals surface area contributed by atoms with Gasteiger partial charge in [0.2, 0.25) is 0 Å². The molecule has 0 spiro atoms. The van der Waals surface area contributed by atoms with E-state index in [1.54, 1.807) is 0 Å². The minimum atomic E-state index is 0.439. The van der Waals surface area contributed by atoms with Crippen molar-refractivity contribution in [2.24, 2.45) is 0 Å². The predicted molar refractivity (Wildman–Crippen MR) is 59.7 cm³/mol. The van der Waals surface area contributed by atoms with Crippen LogP contribution < -0.4 is 10.1 Å². The number of fused-ring (bicyclic) bond motifs is 1. The molecule has 0 amide bonds. The number of aryl methyl sites for hydroxylation is 1. The number of phenolic OH excluding ortho intramolecular Hbond substituents is 1. The first-order valence-corrected chi connectivity index (χ1v) is 5.35. The van der Waals surface area contributed by atoms with E-state index in [2.05, 4.69) is 5.32 Å². The van der Waals surface area contributed by atoms with Crippen molar-refractivity contribution in [2.45, 2.75) is 19.8 Å². The topological polar surface area (TPSA) is 41.5 Å². The van der Waals surface area contributed by atoms with Crippen molar-refractivity contribution >= 4 is 0 Å². The number of hydrogen-bond donors (Lipinski definition) is 2. The van der Waals surface area contributed by atoms with Crippen LogP contribution in [-0.2, 0) is 12.8 Å². The van der Waals surface area contributed by atoms with Crippen LogP contribution in [0.3, 0.4) is 0 Å². The second kappa shape index (κ2) is 4.11. The zero-order valence-corrected chi connectivity index (χ0v) is 9.26. The Morgan fingerprint density at radius 2 is 2.33 bits per heavy atom. The standard InChI is InChI=1S/C12H17NO2/c1-8-7-11-9(4-6-15-11)10(12(8)14)3-5-13-2/h7,13-14H,3-6H2,1-2H3. The van der Waals surface area contributed by atoms with Crippen molar-refractivity contribution < 1.29 is 9.84 Å². The van der Waals surface area contributed by atoms with E-state index >= 15 is 0 Å². The Kier molecular flexibility index (Phi) is 2.82. The Balaban J connectivity index is 2.41. The Morgan fingerprint density at radius 1 is 1.53 bits per heavy atom. The van der Waals surface area contributed by atoms with Crippen LogP contribution in [0.25, 0.3) is 0 Å². The van der Waals surface area contributed by atoms with Crippen molar-refractivity contribution in [3.05, 3.63) is 22.8 Å². The molecule has 3 nitrogen and oxygen atoms in total. The highest BCUT2D eigenvalue weighted by molar-refractivity contribution is 5.54. The van der Waals surface area contributed by atoms with Crippen molar-refractivity contribution in [2.75, 3.05) is 20.2 Å². The van der Waals surface area contributed by atoms with Crippen molar-refractivity contribution in [3.63, 3.8) is 0 Å². The first kappa shape index (κ1) is 10.3. The van der Waals surface area contributed by atoms with Gasteiger partial charge in [-0.1, -0.05) is 0 Å². The number of nitrogens with one attached hydrogen (secondary N) is 1. The summed E-state index contributed by atoms with van der Waals surface area (Å²) >= 11 is 0. The highest BCUT2D eigenvalue weighted by atomic mass is 16.5. The number of ether oxygens (including phenoxy) is 1. The van der Waals surface area contributed by atoms with Crippen molar-refractivity contribution in [3.8, 4) is 11.5 Å². The van der Waals surface area contributed by atoms with Gasteiger partial charge >= 0.3 is 0 Å². The average molecular weight is 207 g/mol. The molecule has 2 rings (SSSR count). The fourth-order valence-electron chi connectivity index (χ4n) is 2.07. The maximum Gasteiger partial charge on any atom is 0.123 e. The fourth-order valence-corrected chi connectivity index (χ4v) is 2.07. The molecule has 1 heterocycles. The molecule has 1 aromatic carbocycles. The molecule has 0 fully saturated rings. The number of aromatic hydroxyl groups is 1. The molecule has 2 N–H and O–H groups in total. The quantitative estimate of drug-likeness (QED) is 0.787. The lowest BCUT2D eigenvalue weighted by molar-refractivity contribution is 0.356. The summed E-state index contributed by atoms with van der Waals surface area (Å²) in [6.45, 7) is 3.54. The van der Waals surface area contributed by atoms with E-state index in [-0.39, 0.29) is 0 Å². The van der Waals surface area contributed by atoms with Crippen molar-refractivity contribution in [1.82, 2.24) is 5.32 Å². The maximum atomic E-state index is 10.0. The summed E-state index contributed by atoms with van der Waals surface area (Å²) in [5, 5.41) is 13.1. The molecular formula is C12H17NO2. The maximum absolute atomic E-state index is 10.0. The zero-order valence-electron chi connectivity index (χ0n) is 9.26. The Hall–Kier alpha value is -1.22. The van der Waals surface area contributed by atoms with Gasteiger partial charge in [0.25, 0.3) is 0 Å². The minimum Gasteiger partial charge on any atom is -0.507 e. The Bertz CT molecular complexity index is 374. The summed E-state index contributed by atoms with van der Waals surface area (Å²) in [6, 6.07) is 1.93. The molecule has 1 aliphatic rings. The van der Waals surface area contributed by atoms with E-state index in [1.165, 1.54) is 5.56 Å². The van der Waals surface area contributed by atoms with E-state index in [4.69, 9.17) is 4.74 Å². The van der Waals surface area contributed by atoms with Gasteiger partial charge in [-0.25, -0.2) is 0 Å². The van der Waals surface area contributed by atoms with Gasteiger partial charge in [-0.2, -0.15) is 0 Å². The van der Waals surface area contributed by atoms with Crippen LogP contribution in [0.1, 0.15) is 16.7 Å². The summed E-state index contributed by atoms with van der Waals surface area (Å²) in [7, 11) is 1.92. The zero-order chi connectivity index (χ0) is 10.8. The van der Waals surface area contributed by atoms with Gasteiger partial charge in [0.15, 0.2) is 0 Å². The summed E-state index contributed by atoms with van der Waals surface area (Å²) in [4.78, 5) is 0. The van der Waals surface area contributed by atoms with Crippen molar-refractivity contribution in [1.29, 1.82) is 0 Å². The van der Waals surface area contributed by atoms with Crippen LogP contribution in [0.2, 0.25) is 0 Å². The van der Waals surface area contributed by atoms with Crippen LogP contribution in [0.15, 0.2) is 6.07 Å². The molecule has 3 heteroatoms. The number of likely N-dealkylation sites (N-methyl/N-ethyl adjacent to an activating group) is 1. The molecule has 0 aliphatic carbocycles. The second-order valence-electron chi connectivity index (χ2n) is 3.95. The largest absolute Gasteiger partial charge is 0.507 e. The van der Waals surface area contributed by atoms with Crippen LogP contribution in [0.5, 0.6) is 11.5 Å². The molecule has 0 radical (unpaired) electrons. The van der Waals surface area contributed by atoms with Gasteiger partial charge in [-0.15, -0.1) is 0 Å². The number of hydrogen-bond acceptors (Lipinski definition) is 3. The lowest BCUT2D eigenvalue weighted by Crippen LogP contribution is -2.11. The van der Waals surface area contributed by atoms with E-state index in [9.17, 15) is 5.11 Å². The summed E-state index contributed by atoms with van der Waals surface area (Å²) in [6.07, 6.45) is 1.78. The van der Waals surface area contributed by atoms with E-state index in [0.717, 1.165) is 42.9 Å². The SMILES string of the molecule is CNCCc1c(O)c(C)cc2c1CCO2. The second-order valence-corrected chi connectivity index (χ2v) is 3.95. The van der Waals surface area contributed by atoms with Gasteiger partial charge in [-0.3, -0.25) is 0 Å². The van der Waals surface area contributed by atoms with Gasteiger partial charge in [0, 0.05) is 17.5 Å². The van der Waals surface area contributed by atoms with Gasteiger partial charge in [-0.05, 0) is 38.6 Å². The van der Waals surface area contributed by atoms with Gasteiger partial charge in [0.05, 0.1) is 6.61 Å². The Morgan fingerprint density at radius 3 is 3.07 bits per heavy atom. The molecule has 0 aromatic heterocycles. The van der Waals surface area contributed by atoms with Crippen LogP contribution >= 0.6 is 0 Å². The lowest BCUT2D eigenvalue weighted by Gasteiger charge is -2.11. The van der Waals surface area contributed by atoms with Crippen LogP contribution in [0.4, 0.5) is 0 Å². The molecular weight excluding hydrogens is 190 g/mol. The number of benzene rings is 1. The first-order chi connectivity index (χ1) is 7.24. The molecule has 15 heavy (non-hydrogen) atoms. The van der Waals surface area contributed by atoms with Gasteiger partial charge in [0.1, 0.15) is 11.5 Å². The van der Waals surface area contributed by atoms with Crippen LogP contribution in [-0.4, -0.2) is 25.3 Å². The molecule has 1 aromatic rings. The fraction of sp³-hybridized carbons (Fsp3) is 0.500. The normalized spacial score (nSPS) is 13.7. The van der Waals surface area contributed by atoms with Gasteiger partial charge < -0.3 is 15.2 Å². The molecule has 0 unspecified atom stereocenters. The molecule has 0 atom stereocenters. The minimum absolute atomic E-state index is 0.439. The number of phenols is 1. The smallest absolute Gasteiger partial charge is 0.123 e. The predicted octanol–water partition coefficient (Wildman–Crippen LogP) is 1.40. The third-order valence-corrected chi connectivity index (χ3v) is 2.90.